The van der Waals surface area contributed by atoms with Crippen LogP contribution in [0.1, 0.15) is 18.2 Å². The second kappa shape index (κ2) is 6.16. The van der Waals surface area contributed by atoms with Crippen LogP contribution in [0.3, 0.4) is 0 Å². The van der Waals surface area contributed by atoms with Crippen molar-refractivity contribution < 1.29 is 4.42 Å². The number of hydrogen-bond acceptors (Lipinski definition) is 5. The van der Waals surface area contributed by atoms with E-state index in [2.05, 4.69) is 56.5 Å². The van der Waals surface area contributed by atoms with E-state index in [9.17, 15) is 0 Å². The first-order chi connectivity index (χ1) is 11.7. The summed E-state index contributed by atoms with van der Waals surface area (Å²) in [4.78, 5) is 4.65. The zero-order valence-electron chi connectivity index (χ0n) is 13.5. The van der Waals surface area contributed by atoms with Gasteiger partial charge < -0.3 is 8.82 Å². The minimum atomic E-state index is 0.736. The topological polar surface area (TPSA) is 61.2 Å². The molecule has 0 radical (unpaired) electrons. The van der Waals surface area contributed by atoms with Gasteiger partial charge in [-0.1, -0.05) is 17.8 Å². The third-order valence-corrected chi connectivity index (χ3v) is 4.77. The van der Waals surface area contributed by atoms with Gasteiger partial charge in [0.25, 0.3) is 0 Å². The predicted octanol–water partition coefficient (Wildman–Crippen LogP) is 3.81. The molecule has 4 aromatic rings. The number of nitrogens with zero attached hydrogens (tertiary/aromatic N) is 5. The van der Waals surface area contributed by atoms with Gasteiger partial charge in [0.1, 0.15) is 5.65 Å². The summed E-state index contributed by atoms with van der Waals surface area (Å²) in [7, 11) is 0. The zero-order valence-corrected chi connectivity index (χ0v) is 14.3. The van der Waals surface area contributed by atoms with E-state index in [4.69, 9.17) is 4.42 Å². The van der Waals surface area contributed by atoms with Crippen LogP contribution in [-0.4, -0.2) is 24.1 Å². The van der Waals surface area contributed by atoms with Gasteiger partial charge in [0.15, 0.2) is 16.7 Å². The number of furan rings is 1. The Hall–Kier alpha value is -2.54. The molecule has 0 aliphatic rings. The van der Waals surface area contributed by atoms with Crippen LogP contribution in [0.15, 0.2) is 52.5 Å². The van der Waals surface area contributed by atoms with Gasteiger partial charge in [-0.15, -0.1) is 10.2 Å². The predicted molar refractivity (Wildman–Crippen MR) is 92.9 cm³/mol. The average Bonchev–Trinajstić information content (AvgIpc) is 3.30. The van der Waals surface area contributed by atoms with E-state index in [1.165, 1.54) is 5.56 Å². The molecular formula is C17H17N5OS. The summed E-state index contributed by atoms with van der Waals surface area (Å²) in [5, 5.41) is 9.45. The van der Waals surface area contributed by atoms with E-state index in [0.29, 0.717) is 0 Å². The first-order valence-corrected chi connectivity index (χ1v) is 8.77. The van der Waals surface area contributed by atoms with Gasteiger partial charge in [0, 0.05) is 24.7 Å². The normalized spacial score (nSPS) is 11.4. The minimum absolute atomic E-state index is 0.736. The van der Waals surface area contributed by atoms with Crippen molar-refractivity contribution in [2.45, 2.75) is 31.3 Å². The molecule has 0 aromatic carbocycles. The van der Waals surface area contributed by atoms with Crippen LogP contribution in [0.2, 0.25) is 0 Å². The van der Waals surface area contributed by atoms with Crippen molar-refractivity contribution in [2.75, 3.05) is 0 Å². The van der Waals surface area contributed by atoms with Crippen molar-refractivity contribution in [1.82, 2.24) is 24.1 Å². The molecule has 122 valence electrons. The van der Waals surface area contributed by atoms with Crippen LogP contribution in [0.4, 0.5) is 0 Å². The first-order valence-electron chi connectivity index (χ1n) is 7.78. The van der Waals surface area contributed by atoms with E-state index in [1.54, 1.807) is 18.0 Å². The van der Waals surface area contributed by atoms with Crippen molar-refractivity contribution in [3.05, 3.63) is 54.2 Å². The fraction of sp³-hybridized carbons (Fsp3) is 0.235. The number of thioether (sulfide) groups is 1. The highest BCUT2D eigenvalue weighted by Gasteiger charge is 2.15. The number of rotatable bonds is 5. The summed E-state index contributed by atoms with van der Waals surface area (Å²) in [6, 6.07) is 7.86. The average molecular weight is 339 g/mol. The molecule has 0 amide bonds. The monoisotopic (exact) mass is 339 g/mol. The quantitative estimate of drug-likeness (QED) is 0.518. The van der Waals surface area contributed by atoms with Crippen molar-refractivity contribution >= 4 is 17.4 Å². The molecule has 0 N–H and O–H groups in total. The molecule has 0 aliphatic heterocycles. The maximum atomic E-state index is 5.44. The number of hydrogen-bond donors (Lipinski definition) is 0. The van der Waals surface area contributed by atoms with E-state index in [0.717, 1.165) is 40.4 Å². The lowest BCUT2D eigenvalue weighted by molar-refractivity contribution is 0.567. The number of pyridine rings is 1. The molecule has 0 aliphatic carbocycles. The van der Waals surface area contributed by atoms with Gasteiger partial charge in [0.2, 0.25) is 0 Å². The van der Waals surface area contributed by atoms with Gasteiger partial charge >= 0.3 is 0 Å². The van der Waals surface area contributed by atoms with Gasteiger partial charge in [-0.25, -0.2) is 4.98 Å². The van der Waals surface area contributed by atoms with Crippen LogP contribution >= 0.6 is 11.8 Å². The fourth-order valence-corrected chi connectivity index (χ4v) is 3.52. The maximum Gasteiger partial charge on any atom is 0.200 e. The molecule has 4 heterocycles. The van der Waals surface area contributed by atoms with E-state index >= 15 is 0 Å². The van der Waals surface area contributed by atoms with Crippen molar-refractivity contribution in [3.63, 3.8) is 0 Å². The van der Waals surface area contributed by atoms with Crippen molar-refractivity contribution in [2.24, 2.45) is 0 Å². The van der Waals surface area contributed by atoms with Crippen molar-refractivity contribution in [3.8, 4) is 11.6 Å². The summed E-state index contributed by atoms with van der Waals surface area (Å²) in [6.45, 7) is 4.94. The molecule has 24 heavy (non-hydrogen) atoms. The Balaban J connectivity index is 1.57. The Morgan fingerprint density at radius 1 is 1.17 bits per heavy atom. The lowest BCUT2D eigenvalue weighted by atomic mass is 10.3. The summed E-state index contributed by atoms with van der Waals surface area (Å²) < 4.78 is 9.56. The number of aryl methyl sites for hydroxylation is 1. The van der Waals surface area contributed by atoms with E-state index < -0.39 is 0 Å². The molecular weight excluding hydrogens is 322 g/mol. The standard InChI is InChI=1S/C17H17N5OS/c1-3-22-16(14-5-4-8-23-14)19-20-17(22)24-11-13-10-21-9-12(2)6-7-15(21)18-13/h4-10H,3,11H2,1-2H3. The minimum Gasteiger partial charge on any atom is -0.461 e. The van der Waals surface area contributed by atoms with Gasteiger partial charge in [0.05, 0.1) is 12.0 Å². The molecule has 6 nitrogen and oxygen atoms in total. The molecule has 0 saturated carbocycles. The molecule has 4 rings (SSSR count). The lowest BCUT2D eigenvalue weighted by Gasteiger charge is -2.04. The lowest BCUT2D eigenvalue weighted by Crippen LogP contribution is -1.99. The van der Waals surface area contributed by atoms with Crippen LogP contribution in [0.25, 0.3) is 17.2 Å². The van der Waals surface area contributed by atoms with Gasteiger partial charge in [-0.2, -0.15) is 0 Å². The van der Waals surface area contributed by atoms with Crippen LogP contribution < -0.4 is 0 Å². The Morgan fingerprint density at radius 3 is 2.88 bits per heavy atom. The van der Waals surface area contributed by atoms with Crippen LogP contribution in [0.5, 0.6) is 0 Å². The molecule has 0 saturated heterocycles. The highest BCUT2D eigenvalue weighted by atomic mass is 32.2. The zero-order chi connectivity index (χ0) is 16.5. The summed E-state index contributed by atoms with van der Waals surface area (Å²) in [6.07, 6.45) is 5.80. The number of imidazole rings is 1. The Kier molecular flexibility index (Phi) is 3.86. The molecule has 0 unspecified atom stereocenters. The van der Waals surface area contributed by atoms with Gasteiger partial charge in [-0.3, -0.25) is 4.57 Å². The third-order valence-electron chi connectivity index (χ3n) is 3.77. The van der Waals surface area contributed by atoms with Crippen molar-refractivity contribution in [1.29, 1.82) is 0 Å². The Morgan fingerprint density at radius 2 is 2.08 bits per heavy atom. The molecule has 4 aromatic heterocycles. The van der Waals surface area contributed by atoms with Crippen LogP contribution in [0, 0.1) is 6.92 Å². The van der Waals surface area contributed by atoms with Crippen LogP contribution in [-0.2, 0) is 12.3 Å². The number of aromatic nitrogens is 5. The molecule has 0 fully saturated rings. The maximum absolute atomic E-state index is 5.44. The largest absolute Gasteiger partial charge is 0.461 e. The SMILES string of the molecule is CCn1c(SCc2cn3cc(C)ccc3n2)nnc1-c1ccco1. The molecule has 0 atom stereocenters. The first kappa shape index (κ1) is 15.0. The highest BCUT2D eigenvalue weighted by molar-refractivity contribution is 7.98. The molecule has 0 spiro atoms. The summed E-state index contributed by atoms with van der Waals surface area (Å²) in [5.74, 6) is 2.24. The van der Waals surface area contributed by atoms with E-state index in [1.807, 2.05) is 18.2 Å². The summed E-state index contributed by atoms with van der Waals surface area (Å²) in [5.41, 5.74) is 3.20. The number of fused-ring (bicyclic) bond motifs is 1. The second-order valence-electron chi connectivity index (χ2n) is 5.52. The Bertz CT molecular complexity index is 970. The molecule has 7 heteroatoms. The van der Waals surface area contributed by atoms with Gasteiger partial charge in [-0.05, 0) is 37.6 Å². The summed E-state index contributed by atoms with van der Waals surface area (Å²) >= 11 is 1.63. The Labute approximate surface area is 143 Å². The molecule has 0 bridgehead atoms. The third kappa shape index (κ3) is 2.71. The highest BCUT2D eigenvalue weighted by Crippen LogP contribution is 2.26. The van der Waals surface area contributed by atoms with E-state index in [-0.39, 0.29) is 0 Å². The fourth-order valence-electron chi connectivity index (χ4n) is 2.63. The smallest absolute Gasteiger partial charge is 0.200 e. The second-order valence-corrected chi connectivity index (χ2v) is 6.46.